The number of rotatable bonds is 10. The van der Waals surface area contributed by atoms with Gasteiger partial charge in [0.2, 0.25) is 0 Å². The lowest BCUT2D eigenvalue weighted by Gasteiger charge is -2.22. The second kappa shape index (κ2) is 10.5. The van der Waals surface area contributed by atoms with Crippen molar-refractivity contribution in [1.82, 2.24) is 0 Å². The van der Waals surface area contributed by atoms with E-state index in [1.54, 1.807) is 6.07 Å². The summed E-state index contributed by atoms with van der Waals surface area (Å²) in [6.45, 7) is 4.06. The summed E-state index contributed by atoms with van der Waals surface area (Å²) in [5.74, 6) is -1.11. The van der Waals surface area contributed by atoms with Crippen molar-refractivity contribution >= 4 is 33.7 Å². The van der Waals surface area contributed by atoms with Crippen LogP contribution in [0.25, 0.3) is 0 Å². The van der Waals surface area contributed by atoms with Gasteiger partial charge in [0.15, 0.2) is 0 Å². The summed E-state index contributed by atoms with van der Waals surface area (Å²) in [7, 11) is 0. The Kier molecular flexibility index (Phi) is 9.35. The molecule has 1 N–H and O–H groups in total. The van der Waals surface area contributed by atoms with Crippen LogP contribution in [0.15, 0.2) is 27.6 Å². The average Bonchev–Trinajstić information content (AvgIpc) is 2.51. The van der Waals surface area contributed by atoms with E-state index < -0.39 is 23.6 Å². The van der Waals surface area contributed by atoms with Crippen LogP contribution in [0.3, 0.4) is 0 Å². The first-order chi connectivity index (χ1) is 11.7. The maximum absolute atomic E-state index is 12.9. The molecule has 1 aromatic carbocycles. The molecule has 7 heteroatoms. The molecule has 2 unspecified atom stereocenters. The Morgan fingerprint density at radius 2 is 1.92 bits per heavy atom. The number of thioether (sulfide) groups is 1. The predicted octanol–water partition coefficient (Wildman–Crippen LogP) is 6.87. The molecule has 0 heterocycles. The van der Waals surface area contributed by atoms with Crippen molar-refractivity contribution < 1.29 is 23.1 Å². The standard InChI is InChI=1S/C18H24BrF3O2S/c1-3-5-6-7-12(4-2)16(17(23)24)11-25-15-9-13(18(20,21)22)8-14(19)10-15/h8-10,12,16H,3-7,11H2,1-2H3,(H,23,24). The number of carbonyl (C=O) groups is 1. The highest BCUT2D eigenvalue weighted by Crippen LogP contribution is 2.36. The third kappa shape index (κ3) is 7.60. The molecule has 2 nitrogen and oxygen atoms in total. The number of carboxylic acids is 1. The molecule has 0 aliphatic rings. The molecule has 0 aromatic heterocycles. The number of benzene rings is 1. The Labute approximate surface area is 159 Å². The van der Waals surface area contributed by atoms with Gasteiger partial charge in [-0.25, -0.2) is 0 Å². The first-order valence-corrected chi connectivity index (χ1v) is 10.2. The fourth-order valence-electron chi connectivity index (χ4n) is 2.75. The van der Waals surface area contributed by atoms with E-state index in [0.29, 0.717) is 9.37 Å². The Morgan fingerprint density at radius 3 is 2.44 bits per heavy atom. The van der Waals surface area contributed by atoms with Gasteiger partial charge in [-0.15, -0.1) is 11.8 Å². The predicted molar refractivity (Wildman–Crippen MR) is 98.9 cm³/mol. The highest BCUT2D eigenvalue weighted by atomic mass is 79.9. The molecule has 25 heavy (non-hydrogen) atoms. The van der Waals surface area contributed by atoms with Crippen molar-refractivity contribution in [2.24, 2.45) is 11.8 Å². The second-order valence-corrected chi connectivity index (χ2v) is 8.10. The molecular weight excluding hydrogens is 417 g/mol. The third-order valence-corrected chi connectivity index (χ3v) is 5.77. The van der Waals surface area contributed by atoms with E-state index in [0.717, 1.165) is 44.2 Å². The van der Waals surface area contributed by atoms with Crippen LogP contribution in [0.4, 0.5) is 13.2 Å². The first kappa shape index (κ1) is 22.4. The lowest BCUT2D eigenvalue weighted by molar-refractivity contribution is -0.143. The molecule has 0 radical (unpaired) electrons. The van der Waals surface area contributed by atoms with E-state index in [4.69, 9.17) is 0 Å². The van der Waals surface area contributed by atoms with Crippen molar-refractivity contribution in [3.05, 3.63) is 28.2 Å². The molecule has 0 fully saturated rings. The molecule has 142 valence electrons. The number of hydrogen-bond donors (Lipinski definition) is 1. The molecule has 2 atom stereocenters. The van der Waals surface area contributed by atoms with Gasteiger partial charge in [0.05, 0.1) is 11.5 Å². The van der Waals surface area contributed by atoms with Gasteiger partial charge in [0.25, 0.3) is 0 Å². The molecular formula is C18H24BrF3O2S. The number of halogens is 4. The van der Waals surface area contributed by atoms with Gasteiger partial charge < -0.3 is 5.11 Å². The average molecular weight is 441 g/mol. The summed E-state index contributed by atoms with van der Waals surface area (Å²) in [5, 5.41) is 9.55. The smallest absolute Gasteiger partial charge is 0.416 e. The molecule has 0 aliphatic carbocycles. The molecule has 0 saturated heterocycles. The van der Waals surface area contributed by atoms with Crippen molar-refractivity contribution in [3.8, 4) is 0 Å². The lowest BCUT2D eigenvalue weighted by Crippen LogP contribution is -2.25. The van der Waals surface area contributed by atoms with E-state index >= 15 is 0 Å². The molecule has 0 saturated carbocycles. The van der Waals surface area contributed by atoms with Crippen molar-refractivity contribution in [2.75, 3.05) is 5.75 Å². The summed E-state index contributed by atoms with van der Waals surface area (Å²) in [6.07, 6.45) is 0.301. The maximum atomic E-state index is 12.9. The fourth-order valence-corrected chi connectivity index (χ4v) is 4.60. The number of hydrogen-bond acceptors (Lipinski definition) is 2. The van der Waals surface area contributed by atoms with Crippen molar-refractivity contribution in [1.29, 1.82) is 0 Å². The van der Waals surface area contributed by atoms with Crippen LogP contribution in [-0.2, 0) is 11.0 Å². The molecule has 0 aliphatic heterocycles. The minimum absolute atomic E-state index is 0.0470. The summed E-state index contributed by atoms with van der Waals surface area (Å²) in [4.78, 5) is 12.1. The normalized spacial score (nSPS) is 14.3. The molecule has 0 spiro atoms. The van der Waals surface area contributed by atoms with E-state index in [9.17, 15) is 23.1 Å². The zero-order valence-electron chi connectivity index (χ0n) is 14.4. The Bertz CT molecular complexity index is 564. The van der Waals surface area contributed by atoms with Crippen LogP contribution in [0.2, 0.25) is 0 Å². The van der Waals surface area contributed by atoms with Gasteiger partial charge in [-0.05, 0) is 30.5 Å². The summed E-state index contributed by atoms with van der Waals surface area (Å²) >= 11 is 4.27. The van der Waals surface area contributed by atoms with Crippen LogP contribution < -0.4 is 0 Å². The third-order valence-electron chi connectivity index (χ3n) is 4.22. The molecule has 1 rings (SSSR count). The molecule has 1 aromatic rings. The van der Waals surface area contributed by atoms with Gasteiger partial charge in [-0.3, -0.25) is 4.79 Å². The summed E-state index contributed by atoms with van der Waals surface area (Å²) < 4.78 is 39.1. The minimum atomic E-state index is -4.42. The van der Waals surface area contributed by atoms with Gasteiger partial charge in [-0.1, -0.05) is 55.5 Å². The van der Waals surface area contributed by atoms with Gasteiger partial charge in [0.1, 0.15) is 0 Å². The van der Waals surface area contributed by atoms with E-state index in [-0.39, 0.29) is 11.7 Å². The Balaban J connectivity index is 2.83. The highest BCUT2D eigenvalue weighted by Gasteiger charge is 2.31. The summed E-state index contributed by atoms with van der Waals surface area (Å²) in [5.41, 5.74) is -0.730. The van der Waals surface area contributed by atoms with Crippen LogP contribution in [0, 0.1) is 11.8 Å². The first-order valence-electron chi connectivity index (χ1n) is 8.42. The molecule has 0 amide bonds. The van der Waals surface area contributed by atoms with Gasteiger partial charge in [-0.2, -0.15) is 13.2 Å². The van der Waals surface area contributed by atoms with Crippen LogP contribution in [0.5, 0.6) is 0 Å². The number of unbranched alkanes of at least 4 members (excludes halogenated alkanes) is 2. The van der Waals surface area contributed by atoms with Crippen LogP contribution in [-0.4, -0.2) is 16.8 Å². The quantitative estimate of drug-likeness (QED) is 0.318. The number of aliphatic carboxylic acids is 1. The SMILES string of the molecule is CCCCCC(CC)C(CSc1cc(Br)cc(C(F)(F)F)c1)C(=O)O. The Hall–Kier alpha value is -0.690. The van der Waals surface area contributed by atoms with E-state index in [2.05, 4.69) is 22.9 Å². The van der Waals surface area contributed by atoms with E-state index in [1.807, 2.05) is 6.92 Å². The zero-order chi connectivity index (χ0) is 19.0. The minimum Gasteiger partial charge on any atom is -0.481 e. The maximum Gasteiger partial charge on any atom is 0.416 e. The monoisotopic (exact) mass is 440 g/mol. The topological polar surface area (TPSA) is 37.3 Å². The number of carboxylic acid groups (broad SMARTS) is 1. The lowest BCUT2D eigenvalue weighted by atomic mass is 9.87. The van der Waals surface area contributed by atoms with Crippen LogP contribution in [0.1, 0.15) is 51.5 Å². The van der Waals surface area contributed by atoms with Crippen molar-refractivity contribution in [3.63, 3.8) is 0 Å². The Morgan fingerprint density at radius 1 is 1.24 bits per heavy atom. The van der Waals surface area contributed by atoms with Gasteiger partial charge >= 0.3 is 12.1 Å². The fraction of sp³-hybridized carbons (Fsp3) is 0.611. The number of alkyl halides is 3. The zero-order valence-corrected chi connectivity index (χ0v) is 16.8. The largest absolute Gasteiger partial charge is 0.481 e. The van der Waals surface area contributed by atoms with Crippen LogP contribution >= 0.6 is 27.7 Å². The highest BCUT2D eigenvalue weighted by molar-refractivity contribution is 9.10. The van der Waals surface area contributed by atoms with E-state index in [1.165, 1.54) is 11.8 Å². The second-order valence-electron chi connectivity index (χ2n) is 6.09. The van der Waals surface area contributed by atoms with Gasteiger partial charge in [0, 0.05) is 15.1 Å². The van der Waals surface area contributed by atoms with Crippen molar-refractivity contribution in [2.45, 2.75) is 57.0 Å². The molecule has 0 bridgehead atoms. The summed E-state index contributed by atoms with van der Waals surface area (Å²) in [6, 6.07) is 3.70.